The zero-order valence-corrected chi connectivity index (χ0v) is 8.92. The molecular weight excluding hydrogens is 237 g/mol. The van der Waals surface area contributed by atoms with Crippen molar-refractivity contribution in [3.05, 3.63) is 42.6 Å². The molecule has 0 saturated heterocycles. The number of aromatic nitrogens is 1. The highest BCUT2D eigenvalue weighted by Gasteiger charge is 1.87. The van der Waals surface area contributed by atoms with Crippen LogP contribution in [0.5, 0.6) is 0 Å². The average Bonchev–Trinajstić information content (AvgIpc) is 2.31. The standard InChI is InChI=1S/C9H7N.CHF3.HNS/c1-2-6-9-8(4-1)5-3-7-10-9;2-1(3)4;1-2/h1-7H;1H;1H. The highest BCUT2D eigenvalue weighted by Crippen LogP contribution is 2.07. The lowest BCUT2D eigenvalue weighted by Crippen LogP contribution is -1.73. The van der Waals surface area contributed by atoms with Crippen molar-refractivity contribution < 1.29 is 13.2 Å². The van der Waals surface area contributed by atoms with Crippen LogP contribution in [0.15, 0.2) is 42.6 Å². The van der Waals surface area contributed by atoms with E-state index in [1.54, 1.807) is 0 Å². The predicted molar refractivity (Wildman–Crippen MR) is 58.9 cm³/mol. The Kier molecular flexibility index (Phi) is 7.87. The van der Waals surface area contributed by atoms with E-state index < -0.39 is 6.68 Å². The molecule has 16 heavy (non-hydrogen) atoms. The topological polar surface area (TPSA) is 36.7 Å². The van der Waals surface area contributed by atoms with Gasteiger partial charge in [0.2, 0.25) is 0 Å². The number of hydrogen-bond acceptors (Lipinski definition) is 3. The third-order valence-corrected chi connectivity index (χ3v) is 1.51. The molecule has 1 N–H and O–H groups in total. The van der Waals surface area contributed by atoms with Gasteiger partial charge >= 0.3 is 6.68 Å². The first-order chi connectivity index (χ1) is 7.70. The molecule has 0 unspecified atom stereocenters. The lowest BCUT2D eigenvalue weighted by atomic mass is 10.2. The van der Waals surface area contributed by atoms with Crippen LogP contribution in [0.2, 0.25) is 0 Å². The van der Waals surface area contributed by atoms with Crippen molar-refractivity contribution in [3.63, 3.8) is 0 Å². The summed E-state index contributed by atoms with van der Waals surface area (Å²) in [5.41, 5.74) is 1.06. The Morgan fingerprint density at radius 2 is 1.50 bits per heavy atom. The third-order valence-electron chi connectivity index (χ3n) is 1.51. The molecule has 0 amide bonds. The zero-order valence-electron chi connectivity index (χ0n) is 8.11. The van der Waals surface area contributed by atoms with Gasteiger partial charge in [0, 0.05) is 24.0 Å². The first-order valence-corrected chi connectivity index (χ1v) is 4.53. The highest BCUT2D eigenvalue weighted by molar-refractivity contribution is 7.45. The van der Waals surface area contributed by atoms with Crippen LogP contribution in [0.4, 0.5) is 13.2 Å². The summed E-state index contributed by atoms with van der Waals surface area (Å²) in [5.74, 6) is 0. The Labute approximate surface area is 96.1 Å². The van der Waals surface area contributed by atoms with E-state index in [1.165, 1.54) is 5.39 Å². The lowest BCUT2D eigenvalue weighted by molar-refractivity contribution is 0.00819. The lowest BCUT2D eigenvalue weighted by Gasteiger charge is -1.91. The van der Waals surface area contributed by atoms with E-state index in [2.05, 4.69) is 29.5 Å². The normalized spacial score (nSPS) is 8.75. The number of alkyl halides is 3. The van der Waals surface area contributed by atoms with Gasteiger partial charge in [0.15, 0.2) is 0 Å². The zero-order chi connectivity index (χ0) is 12.4. The maximum atomic E-state index is 9.67. The fourth-order valence-corrected chi connectivity index (χ4v) is 1.02. The Morgan fingerprint density at radius 1 is 1.00 bits per heavy atom. The van der Waals surface area contributed by atoms with Gasteiger partial charge < -0.3 is 0 Å². The second kappa shape index (κ2) is 8.72. The fourth-order valence-electron chi connectivity index (χ4n) is 1.02. The van der Waals surface area contributed by atoms with Crippen LogP contribution in [0, 0.1) is 4.78 Å². The molecule has 1 aromatic carbocycles. The summed E-state index contributed by atoms with van der Waals surface area (Å²) < 4.78 is 34.3. The maximum Gasteiger partial charge on any atom is 0.379 e. The highest BCUT2D eigenvalue weighted by atomic mass is 32.1. The van der Waals surface area contributed by atoms with E-state index in [4.69, 9.17) is 4.78 Å². The Morgan fingerprint density at radius 3 is 2.06 bits per heavy atom. The van der Waals surface area contributed by atoms with E-state index in [1.807, 2.05) is 30.5 Å². The first kappa shape index (κ1) is 14.4. The van der Waals surface area contributed by atoms with E-state index in [0.717, 1.165) is 5.52 Å². The first-order valence-electron chi connectivity index (χ1n) is 4.12. The molecule has 86 valence electrons. The summed E-state index contributed by atoms with van der Waals surface area (Å²) >= 11 is 3.33. The van der Waals surface area contributed by atoms with Crippen LogP contribution in [0.3, 0.4) is 0 Å². The van der Waals surface area contributed by atoms with Crippen molar-refractivity contribution in [1.82, 2.24) is 4.98 Å². The Bertz CT molecular complexity index is 344. The summed E-state index contributed by atoms with van der Waals surface area (Å²) in [7, 11) is 0. The van der Waals surface area contributed by atoms with E-state index >= 15 is 0 Å². The van der Waals surface area contributed by atoms with Crippen molar-refractivity contribution >= 4 is 23.3 Å². The minimum absolute atomic E-state index is 1.06. The molecule has 2 rings (SSSR count). The molecule has 2 aromatic rings. The van der Waals surface area contributed by atoms with E-state index in [0.29, 0.717) is 0 Å². The second-order valence-electron chi connectivity index (χ2n) is 2.44. The van der Waals surface area contributed by atoms with Crippen molar-refractivity contribution in [2.24, 2.45) is 0 Å². The Balaban J connectivity index is 0.000000323. The molecule has 1 aromatic heterocycles. The van der Waals surface area contributed by atoms with Crippen LogP contribution in [0.1, 0.15) is 0 Å². The molecule has 0 fully saturated rings. The molecular formula is C10H9F3N2S. The molecule has 0 bridgehead atoms. The number of hydrogen-bond donors (Lipinski definition) is 1. The smallest absolute Gasteiger partial charge is 0.256 e. The average molecular weight is 246 g/mol. The predicted octanol–water partition coefficient (Wildman–Crippen LogP) is 3.71. The largest absolute Gasteiger partial charge is 0.379 e. The van der Waals surface area contributed by atoms with Crippen LogP contribution in [-0.2, 0) is 12.4 Å². The molecule has 0 aliphatic carbocycles. The van der Waals surface area contributed by atoms with Crippen LogP contribution < -0.4 is 0 Å². The summed E-state index contributed by atoms with van der Waals surface area (Å²) in [6.07, 6.45) is 1.81. The number of nitrogens with zero attached hydrogens (tertiary/aromatic N) is 1. The van der Waals surface area contributed by atoms with Gasteiger partial charge in [-0.05, 0) is 12.1 Å². The monoisotopic (exact) mass is 246 g/mol. The van der Waals surface area contributed by atoms with Gasteiger partial charge in [-0.25, -0.2) is 4.78 Å². The van der Waals surface area contributed by atoms with Gasteiger partial charge in [0.05, 0.1) is 5.52 Å². The summed E-state index contributed by atoms with van der Waals surface area (Å²) in [4.78, 5) is 4.18. The minimum atomic E-state index is -3.67. The van der Waals surface area contributed by atoms with Gasteiger partial charge in [-0.3, -0.25) is 4.98 Å². The molecule has 0 radical (unpaired) electrons. The molecule has 0 atom stereocenters. The summed E-state index contributed by atoms with van der Waals surface area (Å²) in [5, 5.41) is 1.20. The molecule has 0 saturated carbocycles. The van der Waals surface area contributed by atoms with Crippen molar-refractivity contribution in [2.75, 3.05) is 0 Å². The second-order valence-corrected chi connectivity index (χ2v) is 2.44. The molecule has 0 aliphatic heterocycles. The number of rotatable bonds is 0. The third kappa shape index (κ3) is 6.02. The van der Waals surface area contributed by atoms with Crippen LogP contribution in [0.25, 0.3) is 10.9 Å². The molecule has 6 heteroatoms. The number of nitrogens with one attached hydrogen (secondary N) is 1. The van der Waals surface area contributed by atoms with Crippen molar-refractivity contribution in [2.45, 2.75) is 6.68 Å². The van der Waals surface area contributed by atoms with Gasteiger partial charge in [0.25, 0.3) is 0 Å². The molecule has 0 spiro atoms. The van der Waals surface area contributed by atoms with Gasteiger partial charge in [-0.2, -0.15) is 13.2 Å². The number of pyridine rings is 1. The molecule has 0 aliphatic rings. The number of halogens is 3. The molecule has 2 nitrogen and oxygen atoms in total. The summed E-state index contributed by atoms with van der Waals surface area (Å²) in [6.45, 7) is -3.67. The summed E-state index contributed by atoms with van der Waals surface area (Å²) in [6, 6.07) is 12.1. The number of fused-ring (bicyclic) bond motifs is 1. The quantitative estimate of drug-likeness (QED) is 0.769. The Hall–Kier alpha value is -1.56. The van der Waals surface area contributed by atoms with E-state index in [9.17, 15) is 13.2 Å². The maximum absolute atomic E-state index is 9.67. The van der Waals surface area contributed by atoms with Crippen molar-refractivity contribution in [3.8, 4) is 0 Å². The van der Waals surface area contributed by atoms with Gasteiger partial charge in [-0.1, -0.05) is 24.3 Å². The van der Waals surface area contributed by atoms with Gasteiger partial charge in [0.1, 0.15) is 0 Å². The number of benzene rings is 1. The minimum Gasteiger partial charge on any atom is -0.256 e. The number of para-hydroxylation sites is 1. The van der Waals surface area contributed by atoms with Crippen LogP contribution in [-0.4, -0.2) is 11.7 Å². The fraction of sp³-hybridized carbons (Fsp3) is 0.100. The van der Waals surface area contributed by atoms with Crippen molar-refractivity contribution in [1.29, 1.82) is 4.78 Å². The molecule has 1 heterocycles. The van der Waals surface area contributed by atoms with Gasteiger partial charge in [-0.15, -0.1) is 0 Å². The SMILES string of the molecule is FC(F)F.N=S.c1ccc2ncccc2c1. The van der Waals surface area contributed by atoms with E-state index in [-0.39, 0.29) is 0 Å². The van der Waals surface area contributed by atoms with Crippen LogP contribution >= 0.6 is 0 Å².